The monoisotopic (exact) mass is 332 g/mol. The molecular weight excluding hydrogens is 315 g/mol. The van der Waals surface area contributed by atoms with Crippen molar-refractivity contribution in [2.24, 2.45) is 0 Å². The van der Waals surface area contributed by atoms with Crippen molar-refractivity contribution in [3.8, 4) is 0 Å². The summed E-state index contributed by atoms with van der Waals surface area (Å²) in [5.41, 5.74) is 0.937. The van der Waals surface area contributed by atoms with E-state index in [1.54, 1.807) is 28.4 Å². The zero-order valence-corrected chi connectivity index (χ0v) is 13.4. The molecule has 7 heteroatoms. The number of aromatic nitrogens is 2. The standard InChI is InChI=1S/C16H17FN4OS/c17-12-5-1-10(2-6-12)9-21-8-7-13(15(21)22)18-16-20-19-14(23-16)11-3-4-11/h1-2,5-6,11,13H,3-4,7-9H2,(H,18,20). The number of amides is 1. The molecule has 120 valence electrons. The normalized spacial score (nSPS) is 21.0. The van der Waals surface area contributed by atoms with Gasteiger partial charge in [0.05, 0.1) is 0 Å². The van der Waals surface area contributed by atoms with Crippen LogP contribution in [0.1, 0.15) is 35.8 Å². The topological polar surface area (TPSA) is 58.1 Å². The lowest BCUT2D eigenvalue weighted by molar-refractivity contribution is -0.128. The highest BCUT2D eigenvalue weighted by molar-refractivity contribution is 7.15. The summed E-state index contributed by atoms with van der Waals surface area (Å²) in [6, 6.07) is 6.04. The highest BCUT2D eigenvalue weighted by Crippen LogP contribution is 2.42. The molecule has 1 N–H and O–H groups in total. The molecule has 1 atom stereocenters. The van der Waals surface area contributed by atoms with Gasteiger partial charge in [-0.2, -0.15) is 0 Å². The molecule has 4 rings (SSSR count). The Morgan fingerprint density at radius 3 is 2.74 bits per heavy atom. The summed E-state index contributed by atoms with van der Waals surface area (Å²) in [5, 5.41) is 13.3. The maximum Gasteiger partial charge on any atom is 0.245 e. The number of hydrogen-bond acceptors (Lipinski definition) is 5. The first-order valence-corrected chi connectivity index (χ1v) is 8.64. The van der Waals surface area contributed by atoms with Crippen LogP contribution in [0.15, 0.2) is 24.3 Å². The van der Waals surface area contributed by atoms with Crippen LogP contribution in [0.3, 0.4) is 0 Å². The number of halogens is 1. The first kappa shape index (κ1) is 14.6. The average Bonchev–Trinajstić information content (AvgIpc) is 3.22. The molecule has 0 radical (unpaired) electrons. The Bertz CT molecular complexity index is 713. The molecule has 0 spiro atoms. The summed E-state index contributed by atoms with van der Waals surface area (Å²) >= 11 is 1.55. The van der Waals surface area contributed by atoms with Gasteiger partial charge in [0.25, 0.3) is 0 Å². The van der Waals surface area contributed by atoms with Gasteiger partial charge in [0, 0.05) is 19.0 Å². The van der Waals surface area contributed by atoms with E-state index in [9.17, 15) is 9.18 Å². The Balaban J connectivity index is 1.37. The van der Waals surface area contributed by atoms with Crippen LogP contribution >= 0.6 is 11.3 Å². The minimum Gasteiger partial charge on any atom is -0.348 e. The second-order valence-electron chi connectivity index (χ2n) is 6.09. The predicted molar refractivity (Wildman–Crippen MR) is 85.7 cm³/mol. The van der Waals surface area contributed by atoms with Gasteiger partial charge >= 0.3 is 0 Å². The molecule has 23 heavy (non-hydrogen) atoms. The molecular formula is C16H17FN4OS. The SMILES string of the molecule is O=C1C(Nc2nnc(C3CC3)s2)CCN1Cc1ccc(F)cc1. The number of benzene rings is 1. The van der Waals surface area contributed by atoms with Gasteiger partial charge in [0.1, 0.15) is 16.9 Å². The maximum atomic E-state index is 12.9. The number of hydrogen-bond donors (Lipinski definition) is 1. The molecule has 2 aliphatic rings. The van der Waals surface area contributed by atoms with Gasteiger partial charge in [-0.3, -0.25) is 4.79 Å². The maximum absolute atomic E-state index is 12.9. The zero-order valence-electron chi connectivity index (χ0n) is 12.5. The Hall–Kier alpha value is -2.02. The van der Waals surface area contributed by atoms with Crippen molar-refractivity contribution in [3.05, 3.63) is 40.7 Å². The Kier molecular flexibility index (Phi) is 3.72. The molecule has 2 aromatic rings. The van der Waals surface area contributed by atoms with E-state index < -0.39 is 0 Å². The largest absolute Gasteiger partial charge is 0.348 e. The van der Waals surface area contributed by atoms with Crippen LogP contribution in [0.2, 0.25) is 0 Å². The molecule has 1 unspecified atom stereocenters. The van der Waals surface area contributed by atoms with Gasteiger partial charge in [-0.1, -0.05) is 23.5 Å². The van der Waals surface area contributed by atoms with Crippen LogP contribution in [0, 0.1) is 5.82 Å². The predicted octanol–water partition coefficient (Wildman–Crippen LogP) is 2.77. The zero-order chi connectivity index (χ0) is 15.8. The number of nitrogens with zero attached hydrogens (tertiary/aromatic N) is 3. The van der Waals surface area contributed by atoms with Gasteiger partial charge < -0.3 is 10.2 Å². The molecule has 1 amide bonds. The average molecular weight is 332 g/mol. The molecule has 1 aliphatic carbocycles. The van der Waals surface area contributed by atoms with Crippen LogP contribution in [0.5, 0.6) is 0 Å². The third kappa shape index (κ3) is 3.19. The highest BCUT2D eigenvalue weighted by Gasteiger charge is 2.33. The summed E-state index contributed by atoms with van der Waals surface area (Å²) in [6.45, 7) is 1.21. The van der Waals surface area contributed by atoms with Crippen LogP contribution in [0.25, 0.3) is 0 Å². The fourth-order valence-electron chi connectivity index (χ4n) is 2.78. The van der Waals surface area contributed by atoms with Crippen LogP contribution in [0.4, 0.5) is 9.52 Å². The number of rotatable bonds is 5. The highest BCUT2D eigenvalue weighted by atomic mass is 32.1. The fourth-order valence-corrected chi connectivity index (χ4v) is 3.74. The third-order valence-corrected chi connectivity index (χ3v) is 5.27. The molecule has 1 aromatic carbocycles. The molecule has 1 aromatic heterocycles. The lowest BCUT2D eigenvalue weighted by Gasteiger charge is -2.17. The minimum absolute atomic E-state index is 0.0671. The van der Waals surface area contributed by atoms with Gasteiger partial charge in [0.15, 0.2) is 0 Å². The van der Waals surface area contributed by atoms with E-state index in [0.717, 1.165) is 22.1 Å². The van der Waals surface area contributed by atoms with Crippen LogP contribution in [-0.2, 0) is 11.3 Å². The Morgan fingerprint density at radius 2 is 2.00 bits per heavy atom. The van der Waals surface area contributed by atoms with Gasteiger partial charge in [-0.25, -0.2) is 4.39 Å². The number of carbonyl (C=O) groups is 1. The van der Waals surface area contributed by atoms with E-state index in [1.165, 1.54) is 25.0 Å². The van der Waals surface area contributed by atoms with E-state index in [0.29, 0.717) is 19.0 Å². The van der Waals surface area contributed by atoms with E-state index >= 15 is 0 Å². The summed E-state index contributed by atoms with van der Waals surface area (Å²) in [6.07, 6.45) is 3.14. The molecule has 0 bridgehead atoms. The molecule has 1 saturated carbocycles. The van der Waals surface area contributed by atoms with Crippen molar-refractivity contribution in [2.75, 3.05) is 11.9 Å². The summed E-state index contributed by atoms with van der Waals surface area (Å²) < 4.78 is 12.9. The molecule has 1 aliphatic heterocycles. The Labute approximate surface area is 137 Å². The molecule has 1 saturated heterocycles. The van der Waals surface area contributed by atoms with Crippen molar-refractivity contribution in [2.45, 2.75) is 37.8 Å². The van der Waals surface area contributed by atoms with E-state index in [2.05, 4.69) is 15.5 Å². The fraction of sp³-hybridized carbons (Fsp3) is 0.438. The molecule has 5 nitrogen and oxygen atoms in total. The van der Waals surface area contributed by atoms with Crippen LogP contribution < -0.4 is 5.32 Å². The Morgan fingerprint density at radius 1 is 1.22 bits per heavy atom. The second kappa shape index (κ2) is 5.88. The van der Waals surface area contributed by atoms with Crippen molar-refractivity contribution in [3.63, 3.8) is 0 Å². The quantitative estimate of drug-likeness (QED) is 0.915. The number of carbonyl (C=O) groups excluding carboxylic acids is 1. The first-order valence-electron chi connectivity index (χ1n) is 7.82. The second-order valence-corrected chi connectivity index (χ2v) is 7.10. The number of nitrogens with one attached hydrogen (secondary N) is 1. The van der Waals surface area contributed by atoms with Gasteiger partial charge in [-0.15, -0.1) is 10.2 Å². The van der Waals surface area contributed by atoms with E-state index in [1.807, 2.05) is 0 Å². The lowest BCUT2D eigenvalue weighted by Crippen LogP contribution is -2.33. The van der Waals surface area contributed by atoms with Crippen molar-refractivity contribution < 1.29 is 9.18 Å². The minimum atomic E-state index is -0.260. The summed E-state index contributed by atoms with van der Waals surface area (Å²) in [4.78, 5) is 14.3. The first-order chi connectivity index (χ1) is 11.2. The summed E-state index contributed by atoms with van der Waals surface area (Å²) in [7, 11) is 0. The van der Waals surface area contributed by atoms with E-state index in [4.69, 9.17) is 0 Å². The van der Waals surface area contributed by atoms with Gasteiger partial charge in [0.2, 0.25) is 11.0 Å². The summed E-state index contributed by atoms with van der Waals surface area (Å²) in [5.74, 6) is 0.388. The smallest absolute Gasteiger partial charge is 0.245 e. The van der Waals surface area contributed by atoms with Gasteiger partial charge in [-0.05, 0) is 37.0 Å². The van der Waals surface area contributed by atoms with Crippen molar-refractivity contribution in [1.82, 2.24) is 15.1 Å². The van der Waals surface area contributed by atoms with Crippen LogP contribution in [-0.4, -0.2) is 33.6 Å². The number of likely N-dealkylation sites (tertiary alicyclic amines) is 1. The molecule has 2 fully saturated rings. The lowest BCUT2D eigenvalue weighted by atomic mass is 10.2. The number of anilines is 1. The van der Waals surface area contributed by atoms with E-state index in [-0.39, 0.29) is 17.8 Å². The van der Waals surface area contributed by atoms with Crippen molar-refractivity contribution >= 4 is 22.4 Å². The third-order valence-electron chi connectivity index (χ3n) is 4.25. The van der Waals surface area contributed by atoms with Crippen molar-refractivity contribution in [1.29, 1.82) is 0 Å². The molecule has 2 heterocycles.